The van der Waals surface area contributed by atoms with Gasteiger partial charge in [-0.1, -0.05) is 0 Å². The van der Waals surface area contributed by atoms with Crippen LogP contribution in [0.3, 0.4) is 0 Å². The third-order valence-electron chi connectivity index (χ3n) is 4.01. The molecule has 118 valence electrons. The van der Waals surface area contributed by atoms with Gasteiger partial charge in [-0.25, -0.2) is 13.1 Å². The van der Waals surface area contributed by atoms with E-state index in [-0.39, 0.29) is 6.04 Å². The first-order valence-corrected chi connectivity index (χ1v) is 10.2. The van der Waals surface area contributed by atoms with Gasteiger partial charge in [0.25, 0.3) is 0 Å². The van der Waals surface area contributed by atoms with Gasteiger partial charge in [-0.2, -0.15) is 11.8 Å². The van der Waals surface area contributed by atoms with E-state index < -0.39 is 10.0 Å². The molecule has 3 rings (SSSR count). The Morgan fingerprint density at radius 2 is 2.14 bits per heavy atom. The van der Waals surface area contributed by atoms with E-state index in [0.29, 0.717) is 10.9 Å². The number of hydrogen-bond donors (Lipinski definition) is 2. The summed E-state index contributed by atoms with van der Waals surface area (Å²) < 4.78 is 29.8. The van der Waals surface area contributed by atoms with Gasteiger partial charge in [0.05, 0.1) is 4.90 Å². The molecule has 5 nitrogen and oxygen atoms in total. The molecule has 2 aliphatic rings. The zero-order valence-electron chi connectivity index (χ0n) is 12.3. The first kappa shape index (κ1) is 15.4. The lowest BCUT2D eigenvalue weighted by Gasteiger charge is -2.10. The van der Waals surface area contributed by atoms with Crippen molar-refractivity contribution >= 4 is 21.8 Å². The minimum atomic E-state index is -3.39. The van der Waals surface area contributed by atoms with E-state index >= 15 is 0 Å². The van der Waals surface area contributed by atoms with Crippen molar-refractivity contribution in [1.29, 1.82) is 0 Å². The topological polar surface area (TPSA) is 63.1 Å². The normalized spacial score (nSPS) is 22.8. The molecule has 0 spiro atoms. The summed E-state index contributed by atoms with van der Waals surface area (Å²) in [4.78, 5) is 0.397. The van der Waals surface area contributed by atoms with Crippen molar-refractivity contribution in [3.8, 4) is 0 Å². The van der Waals surface area contributed by atoms with Crippen molar-refractivity contribution in [2.24, 2.45) is 0 Å². The first-order valence-electron chi connectivity index (χ1n) is 7.61. The van der Waals surface area contributed by atoms with Gasteiger partial charge in [-0.05, 0) is 38.0 Å². The van der Waals surface area contributed by atoms with Crippen molar-refractivity contribution in [3.05, 3.63) is 18.0 Å². The molecular formula is C14H23N3O2S2. The predicted molar refractivity (Wildman–Crippen MR) is 86.0 cm³/mol. The van der Waals surface area contributed by atoms with Gasteiger partial charge in [0.15, 0.2) is 0 Å². The lowest BCUT2D eigenvalue weighted by Crippen LogP contribution is -2.34. The fourth-order valence-electron chi connectivity index (χ4n) is 2.57. The van der Waals surface area contributed by atoms with Crippen LogP contribution in [0.1, 0.15) is 31.9 Å². The minimum Gasteiger partial charge on any atom is -0.349 e. The second kappa shape index (κ2) is 6.32. The van der Waals surface area contributed by atoms with E-state index in [4.69, 9.17) is 0 Å². The van der Waals surface area contributed by atoms with Crippen molar-refractivity contribution in [3.63, 3.8) is 0 Å². The van der Waals surface area contributed by atoms with Crippen LogP contribution in [0.25, 0.3) is 0 Å². The van der Waals surface area contributed by atoms with Crippen molar-refractivity contribution in [2.45, 2.75) is 56.3 Å². The molecule has 0 radical (unpaired) electrons. The molecule has 21 heavy (non-hydrogen) atoms. The fraction of sp³-hybridized carbons (Fsp3) is 0.714. The molecule has 2 fully saturated rings. The second-order valence-electron chi connectivity index (χ2n) is 5.79. The average Bonchev–Trinajstić information content (AvgIpc) is 2.97. The zero-order valence-corrected chi connectivity index (χ0v) is 14.0. The average molecular weight is 329 g/mol. The molecule has 0 amide bonds. The molecule has 1 saturated heterocycles. The first-order chi connectivity index (χ1) is 10.1. The molecule has 7 heteroatoms. The van der Waals surface area contributed by atoms with Crippen LogP contribution >= 0.6 is 11.8 Å². The molecule has 0 aromatic carbocycles. The Hall–Kier alpha value is -0.500. The third-order valence-corrected chi connectivity index (χ3v) is 6.66. The monoisotopic (exact) mass is 329 g/mol. The number of nitrogens with one attached hydrogen (secondary N) is 2. The number of hydrogen-bond acceptors (Lipinski definition) is 4. The molecule has 2 N–H and O–H groups in total. The van der Waals surface area contributed by atoms with Crippen molar-refractivity contribution in [2.75, 3.05) is 11.5 Å². The summed E-state index contributed by atoms with van der Waals surface area (Å²) in [6.45, 7) is 3.57. The van der Waals surface area contributed by atoms with E-state index in [1.54, 1.807) is 6.20 Å². The molecule has 1 atom stereocenters. The van der Waals surface area contributed by atoms with E-state index in [9.17, 15) is 8.42 Å². The Morgan fingerprint density at radius 3 is 2.76 bits per heavy atom. The van der Waals surface area contributed by atoms with Gasteiger partial charge in [-0.15, -0.1) is 0 Å². The Bertz CT molecular complexity index is 587. The summed E-state index contributed by atoms with van der Waals surface area (Å²) in [5.41, 5.74) is 1.05. The van der Waals surface area contributed by atoms with Crippen LogP contribution in [-0.2, 0) is 23.1 Å². The summed E-state index contributed by atoms with van der Waals surface area (Å²) >= 11 is 1.81. The molecule has 1 aliphatic carbocycles. The Balaban J connectivity index is 1.73. The summed E-state index contributed by atoms with van der Waals surface area (Å²) in [6.07, 6.45) is 5.15. The second-order valence-corrected chi connectivity index (χ2v) is 8.65. The Kier molecular flexibility index (Phi) is 4.63. The van der Waals surface area contributed by atoms with Crippen LogP contribution in [0.2, 0.25) is 0 Å². The maximum Gasteiger partial charge on any atom is 0.242 e. The number of thioether (sulfide) groups is 1. The number of aromatic nitrogens is 1. The highest BCUT2D eigenvalue weighted by Gasteiger charge is 2.25. The van der Waals surface area contributed by atoms with Crippen molar-refractivity contribution < 1.29 is 8.42 Å². The van der Waals surface area contributed by atoms with E-state index in [2.05, 4.69) is 10.0 Å². The van der Waals surface area contributed by atoms with Crippen LogP contribution in [0, 0.1) is 0 Å². The van der Waals surface area contributed by atoms with Gasteiger partial charge in [0.2, 0.25) is 10.0 Å². The lowest BCUT2D eigenvalue weighted by molar-refractivity contribution is 0.562. The molecule has 1 aliphatic heterocycles. The SMILES string of the molecule is CCn1cc(S(=O)(=O)NC2CCSC2)cc1CNC1CC1. The highest BCUT2D eigenvalue weighted by Crippen LogP contribution is 2.22. The zero-order chi connectivity index (χ0) is 14.9. The summed E-state index contributed by atoms with van der Waals surface area (Å²) in [6, 6.07) is 2.51. The van der Waals surface area contributed by atoms with Gasteiger partial charge >= 0.3 is 0 Å². The number of sulfonamides is 1. The minimum absolute atomic E-state index is 0.0815. The van der Waals surface area contributed by atoms with Crippen LogP contribution in [0.4, 0.5) is 0 Å². The Labute approximate surface area is 130 Å². The highest BCUT2D eigenvalue weighted by atomic mass is 32.2. The van der Waals surface area contributed by atoms with Crippen LogP contribution in [-0.4, -0.2) is 36.6 Å². The standard InChI is InChI=1S/C14H23N3O2S2/c1-2-17-9-14(7-13(17)8-15-11-3-4-11)21(18,19)16-12-5-6-20-10-12/h7,9,11-12,15-16H,2-6,8,10H2,1H3. The smallest absolute Gasteiger partial charge is 0.242 e. The fourth-order valence-corrected chi connectivity index (χ4v) is 5.16. The third kappa shape index (κ3) is 3.83. The van der Waals surface area contributed by atoms with Gasteiger partial charge < -0.3 is 9.88 Å². The predicted octanol–water partition coefficient (Wildman–Crippen LogP) is 1.54. The maximum absolute atomic E-state index is 12.5. The molecule has 2 heterocycles. The highest BCUT2D eigenvalue weighted by molar-refractivity contribution is 7.99. The molecule has 0 bridgehead atoms. The number of rotatable bonds is 7. The van der Waals surface area contributed by atoms with Gasteiger partial charge in [-0.3, -0.25) is 0 Å². The quantitative estimate of drug-likeness (QED) is 0.797. The summed E-state index contributed by atoms with van der Waals surface area (Å²) in [5.74, 6) is 1.92. The largest absolute Gasteiger partial charge is 0.349 e. The molecule has 1 aromatic heterocycles. The molecule has 1 aromatic rings. The molecule has 1 saturated carbocycles. The molecular weight excluding hydrogens is 306 g/mol. The summed E-state index contributed by atoms with van der Waals surface area (Å²) in [5, 5.41) is 3.45. The number of nitrogens with zero attached hydrogens (tertiary/aromatic N) is 1. The van der Waals surface area contributed by atoms with E-state index in [0.717, 1.165) is 36.7 Å². The van der Waals surface area contributed by atoms with Crippen molar-refractivity contribution in [1.82, 2.24) is 14.6 Å². The molecule has 1 unspecified atom stereocenters. The van der Waals surface area contributed by atoms with Crippen LogP contribution in [0.15, 0.2) is 17.2 Å². The Morgan fingerprint density at radius 1 is 1.33 bits per heavy atom. The van der Waals surface area contributed by atoms with Gasteiger partial charge in [0, 0.05) is 42.8 Å². The van der Waals surface area contributed by atoms with Crippen LogP contribution in [0.5, 0.6) is 0 Å². The van der Waals surface area contributed by atoms with Crippen LogP contribution < -0.4 is 10.0 Å². The van der Waals surface area contributed by atoms with E-state index in [1.165, 1.54) is 12.8 Å². The maximum atomic E-state index is 12.5. The van der Waals surface area contributed by atoms with Gasteiger partial charge in [0.1, 0.15) is 0 Å². The lowest BCUT2D eigenvalue weighted by atomic mass is 10.3. The van der Waals surface area contributed by atoms with E-state index in [1.807, 2.05) is 29.3 Å². The summed E-state index contributed by atoms with van der Waals surface area (Å²) in [7, 11) is -3.39. The number of aryl methyl sites for hydroxylation is 1.